The number of nitrogens with zero attached hydrogens (tertiary/aromatic N) is 2. The molecule has 2 fully saturated rings. The molecule has 1 aromatic carbocycles. The van der Waals surface area contributed by atoms with Crippen LogP contribution in [0.4, 0.5) is 0 Å². The zero-order valence-electron chi connectivity index (χ0n) is 12.0. The van der Waals surface area contributed by atoms with Crippen molar-refractivity contribution in [2.45, 2.75) is 6.42 Å². The zero-order valence-corrected chi connectivity index (χ0v) is 12.0. The molecule has 4 heteroatoms. The Bertz CT molecular complexity index is 675. The van der Waals surface area contributed by atoms with E-state index in [1.54, 1.807) is 6.08 Å². The van der Waals surface area contributed by atoms with Crippen molar-refractivity contribution in [3.8, 4) is 0 Å². The SMILES string of the molecule is O=C1[C@@H]2[C@H](C(=O)N1N=C/C=C/c1ccccc1)[C@H]1C=C[C@H]2C1. The minimum Gasteiger partial charge on any atom is -0.272 e. The molecule has 0 unspecified atom stereocenters. The van der Waals surface area contributed by atoms with Crippen LogP contribution in [0.1, 0.15) is 12.0 Å². The molecule has 1 aliphatic heterocycles. The minimum atomic E-state index is -0.183. The van der Waals surface area contributed by atoms with Crippen molar-refractivity contribution < 1.29 is 9.59 Å². The van der Waals surface area contributed by atoms with Crippen molar-refractivity contribution in [3.63, 3.8) is 0 Å². The molecular formula is C18H16N2O2. The summed E-state index contributed by atoms with van der Waals surface area (Å²) in [6, 6.07) is 9.81. The van der Waals surface area contributed by atoms with Crippen molar-refractivity contribution in [2.24, 2.45) is 28.8 Å². The summed E-state index contributed by atoms with van der Waals surface area (Å²) in [5.41, 5.74) is 1.05. The van der Waals surface area contributed by atoms with Crippen LogP contribution >= 0.6 is 0 Å². The normalized spacial score (nSPS) is 32.8. The first kappa shape index (κ1) is 13.2. The average Bonchev–Trinajstić information content (AvgIpc) is 3.21. The largest absolute Gasteiger partial charge is 0.272 e. The van der Waals surface area contributed by atoms with Crippen LogP contribution < -0.4 is 0 Å². The van der Waals surface area contributed by atoms with E-state index in [0.717, 1.165) is 17.0 Å². The summed E-state index contributed by atoms with van der Waals surface area (Å²) in [7, 11) is 0. The van der Waals surface area contributed by atoms with Gasteiger partial charge in [0.1, 0.15) is 0 Å². The summed E-state index contributed by atoms with van der Waals surface area (Å²) < 4.78 is 0. The topological polar surface area (TPSA) is 49.7 Å². The lowest BCUT2D eigenvalue weighted by molar-refractivity contribution is -0.140. The van der Waals surface area contributed by atoms with Gasteiger partial charge in [-0.3, -0.25) is 9.59 Å². The highest BCUT2D eigenvalue weighted by Gasteiger charge is 2.59. The van der Waals surface area contributed by atoms with Gasteiger partial charge in [0.15, 0.2) is 0 Å². The molecule has 1 saturated carbocycles. The molecule has 4 atom stereocenters. The van der Waals surface area contributed by atoms with Crippen LogP contribution in [-0.2, 0) is 9.59 Å². The number of allylic oxidation sites excluding steroid dienone is 3. The molecule has 0 radical (unpaired) electrons. The highest BCUT2D eigenvalue weighted by molar-refractivity contribution is 6.06. The van der Waals surface area contributed by atoms with Gasteiger partial charge in [-0.15, -0.1) is 0 Å². The third-order valence-electron chi connectivity index (χ3n) is 4.80. The van der Waals surface area contributed by atoms with Crippen LogP contribution in [0.15, 0.2) is 53.7 Å². The van der Waals surface area contributed by atoms with Crippen LogP contribution in [0.25, 0.3) is 6.08 Å². The Morgan fingerprint density at radius 2 is 1.64 bits per heavy atom. The number of carbonyl (C=O) groups is 2. The smallest absolute Gasteiger partial charge is 0.254 e. The van der Waals surface area contributed by atoms with Crippen molar-refractivity contribution >= 4 is 24.1 Å². The molecule has 2 bridgehead atoms. The Morgan fingerprint density at radius 1 is 1.00 bits per heavy atom. The number of rotatable bonds is 3. The maximum absolute atomic E-state index is 12.4. The van der Waals surface area contributed by atoms with Gasteiger partial charge < -0.3 is 0 Å². The second-order valence-electron chi connectivity index (χ2n) is 6.02. The van der Waals surface area contributed by atoms with Gasteiger partial charge in [0.05, 0.1) is 11.8 Å². The Balaban J connectivity index is 1.48. The number of hydrazone groups is 1. The van der Waals surface area contributed by atoms with E-state index in [0.29, 0.717) is 0 Å². The maximum Gasteiger partial charge on any atom is 0.254 e. The second-order valence-corrected chi connectivity index (χ2v) is 6.02. The molecule has 2 amide bonds. The maximum atomic E-state index is 12.4. The first-order chi connectivity index (χ1) is 10.8. The summed E-state index contributed by atoms with van der Waals surface area (Å²) in [6.45, 7) is 0. The van der Waals surface area contributed by atoms with Crippen LogP contribution in [0.5, 0.6) is 0 Å². The van der Waals surface area contributed by atoms with Gasteiger partial charge in [0.25, 0.3) is 11.8 Å². The van der Waals surface area contributed by atoms with Gasteiger partial charge in [0, 0.05) is 6.21 Å². The highest BCUT2D eigenvalue weighted by atomic mass is 16.2. The van der Waals surface area contributed by atoms with E-state index >= 15 is 0 Å². The molecule has 4 rings (SSSR count). The minimum absolute atomic E-state index is 0.142. The summed E-state index contributed by atoms with van der Waals surface area (Å²) in [5.74, 6) is -0.194. The first-order valence-corrected chi connectivity index (χ1v) is 7.57. The van der Waals surface area contributed by atoms with E-state index in [-0.39, 0.29) is 35.5 Å². The predicted octanol–water partition coefficient (Wildman–Crippen LogP) is 2.49. The fourth-order valence-corrected chi connectivity index (χ4v) is 3.82. The van der Waals surface area contributed by atoms with Gasteiger partial charge in [-0.2, -0.15) is 10.1 Å². The molecule has 0 spiro atoms. The summed E-state index contributed by atoms with van der Waals surface area (Å²) in [5, 5.41) is 5.14. The fourth-order valence-electron chi connectivity index (χ4n) is 3.82. The molecule has 4 nitrogen and oxygen atoms in total. The average molecular weight is 292 g/mol. The van der Waals surface area contributed by atoms with Crippen molar-refractivity contribution in [2.75, 3.05) is 0 Å². The fraction of sp³-hybridized carbons (Fsp3) is 0.278. The molecule has 0 aromatic heterocycles. The van der Waals surface area contributed by atoms with E-state index < -0.39 is 0 Å². The van der Waals surface area contributed by atoms with Gasteiger partial charge in [-0.1, -0.05) is 48.6 Å². The summed E-state index contributed by atoms with van der Waals surface area (Å²) >= 11 is 0. The standard InChI is InChI=1S/C18H16N2O2/c21-17-15-13-8-9-14(11-13)16(15)18(22)20(17)19-10-4-7-12-5-2-1-3-6-12/h1-10,13-16H,11H2/b7-4+,19-10?/t13-,14-,15-,16+/m0/s1. The summed E-state index contributed by atoms with van der Waals surface area (Å²) in [4.78, 5) is 24.8. The van der Waals surface area contributed by atoms with E-state index in [4.69, 9.17) is 0 Å². The number of benzene rings is 1. The highest BCUT2D eigenvalue weighted by Crippen LogP contribution is 2.52. The lowest BCUT2D eigenvalue weighted by atomic mass is 9.85. The van der Waals surface area contributed by atoms with Crippen LogP contribution in [0.3, 0.4) is 0 Å². The molecule has 1 saturated heterocycles. The molecular weight excluding hydrogens is 276 g/mol. The van der Waals surface area contributed by atoms with Crippen LogP contribution in [0, 0.1) is 23.7 Å². The van der Waals surface area contributed by atoms with Gasteiger partial charge in [-0.05, 0) is 29.9 Å². The number of carbonyl (C=O) groups excluding carboxylic acids is 2. The van der Waals surface area contributed by atoms with Crippen molar-refractivity contribution in [1.82, 2.24) is 5.01 Å². The number of hydrogen-bond donors (Lipinski definition) is 0. The Hall–Kier alpha value is -2.49. The van der Waals surface area contributed by atoms with Gasteiger partial charge in [0.2, 0.25) is 0 Å². The van der Waals surface area contributed by atoms with Crippen LogP contribution in [-0.4, -0.2) is 23.0 Å². The van der Waals surface area contributed by atoms with E-state index in [2.05, 4.69) is 17.3 Å². The predicted molar refractivity (Wildman–Crippen MR) is 83.5 cm³/mol. The quantitative estimate of drug-likeness (QED) is 0.488. The van der Waals surface area contributed by atoms with E-state index in [1.165, 1.54) is 6.21 Å². The molecule has 2 aliphatic carbocycles. The molecule has 1 heterocycles. The zero-order chi connectivity index (χ0) is 15.1. The monoisotopic (exact) mass is 292 g/mol. The van der Waals surface area contributed by atoms with Crippen molar-refractivity contribution in [3.05, 3.63) is 54.1 Å². The summed E-state index contributed by atoms with van der Waals surface area (Å²) in [6.07, 6.45) is 10.3. The molecule has 110 valence electrons. The first-order valence-electron chi connectivity index (χ1n) is 7.57. The Labute approximate surface area is 128 Å². The second kappa shape index (κ2) is 5.05. The van der Waals surface area contributed by atoms with Crippen molar-refractivity contribution in [1.29, 1.82) is 0 Å². The lowest BCUT2D eigenvalue weighted by Crippen LogP contribution is -2.27. The lowest BCUT2D eigenvalue weighted by Gasteiger charge is -2.13. The number of amides is 2. The van der Waals surface area contributed by atoms with E-state index in [1.807, 2.05) is 36.4 Å². The molecule has 0 N–H and O–H groups in total. The van der Waals surface area contributed by atoms with Crippen LogP contribution in [0.2, 0.25) is 0 Å². The Morgan fingerprint density at radius 3 is 2.27 bits per heavy atom. The number of fused-ring (bicyclic) bond motifs is 5. The molecule has 1 aromatic rings. The molecule has 3 aliphatic rings. The number of imide groups is 1. The number of hydrogen-bond acceptors (Lipinski definition) is 3. The van der Waals surface area contributed by atoms with E-state index in [9.17, 15) is 9.59 Å². The van der Waals surface area contributed by atoms with Gasteiger partial charge >= 0.3 is 0 Å². The third kappa shape index (κ3) is 1.95. The Kier molecular flexibility index (Phi) is 3.03. The van der Waals surface area contributed by atoms with Gasteiger partial charge in [-0.25, -0.2) is 0 Å². The third-order valence-corrected chi connectivity index (χ3v) is 4.80. The molecule has 22 heavy (non-hydrogen) atoms.